The first-order valence-electron chi connectivity index (χ1n) is 9.89. The van der Waals surface area contributed by atoms with Crippen LogP contribution in [0.3, 0.4) is 0 Å². The standard InChI is InChI=1S/C21H21ClN4O4S/c22-16-3-6-18-19(14-16)31-21(23-18)25(8-7-24-9-11-30-12-10-24)20(27)13-15-1-4-17(5-2-15)26(28)29/h1-6,14H,7-13H2. The van der Waals surface area contributed by atoms with E-state index in [9.17, 15) is 14.9 Å². The molecule has 0 spiro atoms. The fraction of sp³-hybridized carbons (Fsp3) is 0.333. The quantitative estimate of drug-likeness (QED) is 0.394. The van der Waals surface area contributed by atoms with E-state index in [4.69, 9.17) is 16.3 Å². The number of nitro groups is 1. The highest BCUT2D eigenvalue weighted by atomic mass is 35.5. The summed E-state index contributed by atoms with van der Waals surface area (Å²) in [5.74, 6) is -0.104. The smallest absolute Gasteiger partial charge is 0.269 e. The Kier molecular flexibility index (Phi) is 6.77. The minimum atomic E-state index is -0.452. The fourth-order valence-corrected chi connectivity index (χ4v) is 4.69. The molecule has 2 heterocycles. The van der Waals surface area contributed by atoms with E-state index in [1.165, 1.54) is 23.5 Å². The van der Waals surface area contributed by atoms with E-state index in [0.717, 1.165) is 28.9 Å². The van der Waals surface area contributed by atoms with E-state index in [2.05, 4.69) is 9.88 Å². The first-order chi connectivity index (χ1) is 15.0. The predicted molar refractivity (Wildman–Crippen MR) is 121 cm³/mol. The lowest BCUT2D eigenvalue weighted by Crippen LogP contribution is -2.43. The van der Waals surface area contributed by atoms with Crippen LogP contribution in [0.2, 0.25) is 5.02 Å². The first kappa shape index (κ1) is 21.6. The van der Waals surface area contributed by atoms with Crippen LogP contribution in [-0.2, 0) is 16.0 Å². The van der Waals surface area contributed by atoms with Crippen molar-refractivity contribution in [3.63, 3.8) is 0 Å². The van der Waals surface area contributed by atoms with Gasteiger partial charge in [0.1, 0.15) is 0 Å². The second-order valence-corrected chi connectivity index (χ2v) is 8.65. The fourth-order valence-electron chi connectivity index (χ4n) is 3.40. The van der Waals surface area contributed by atoms with Gasteiger partial charge in [-0.25, -0.2) is 4.98 Å². The molecule has 1 amide bonds. The molecular formula is C21H21ClN4O4S. The van der Waals surface area contributed by atoms with Gasteiger partial charge in [0.25, 0.3) is 5.69 Å². The molecule has 2 aromatic carbocycles. The number of nitro benzene ring substituents is 1. The lowest BCUT2D eigenvalue weighted by atomic mass is 10.1. The van der Waals surface area contributed by atoms with Crippen molar-refractivity contribution in [3.05, 3.63) is 63.2 Å². The van der Waals surface area contributed by atoms with Crippen LogP contribution in [0.1, 0.15) is 5.56 Å². The number of thiazole rings is 1. The van der Waals surface area contributed by atoms with E-state index in [1.807, 2.05) is 12.1 Å². The Balaban J connectivity index is 1.55. The zero-order valence-electron chi connectivity index (χ0n) is 16.7. The molecule has 0 bridgehead atoms. The molecule has 8 nitrogen and oxygen atoms in total. The Labute approximate surface area is 188 Å². The highest BCUT2D eigenvalue weighted by molar-refractivity contribution is 7.22. The Morgan fingerprint density at radius 1 is 1.23 bits per heavy atom. The number of anilines is 1. The first-order valence-corrected chi connectivity index (χ1v) is 11.1. The second kappa shape index (κ2) is 9.69. The number of nitrogens with zero attached hydrogens (tertiary/aromatic N) is 4. The van der Waals surface area contributed by atoms with Crippen LogP contribution in [-0.4, -0.2) is 60.1 Å². The average Bonchev–Trinajstić information content (AvgIpc) is 3.17. The number of hydrogen-bond donors (Lipinski definition) is 0. The molecule has 3 aromatic rings. The Morgan fingerprint density at radius 2 is 1.97 bits per heavy atom. The molecule has 0 unspecified atom stereocenters. The lowest BCUT2D eigenvalue weighted by molar-refractivity contribution is -0.384. The molecule has 1 aliphatic rings. The summed E-state index contributed by atoms with van der Waals surface area (Å²) in [6.45, 7) is 4.26. The second-order valence-electron chi connectivity index (χ2n) is 7.21. The molecule has 0 aliphatic carbocycles. The number of carbonyl (C=O) groups excluding carboxylic acids is 1. The number of rotatable bonds is 7. The van der Waals surface area contributed by atoms with Crippen molar-refractivity contribution < 1.29 is 14.5 Å². The normalized spacial score (nSPS) is 14.6. The maximum atomic E-state index is 13.2. The Morgan fingerprint density at radius 3 is 2.68 bits per heavy atom. The lowest BCUT2D eigenvalue weighted by Gasteiger charge is -2.29. The molecule has 10 heteroatoms. The summed E-state index contributed by atoms with van der Waals surface area (Å²) in [6.07, 6.45) is 0.137. The molecule has 31 heavy (non-hydrogen) atoms. The number of aromatic nitrogens is 1. The average molecular weight is 461 g/mol. The van der Waals surface area contributed by atoms with Gasteiger partial charge in [0, 0.05) is 43.3 Å². The van der Waals surface area contributed by atoms with Crippen molar-refractivity contribution in [2.75, 3.05) is 44.3 Å². The van der Waals surface area contributed by atoms with E-state index in [1.54, 1.807) is 23.1 Å². The molecule has 162 valence electrons. The summed E-state index contributed by atoms with van der Waals surface area (Å²) < 4.78 is 6.32. The van der Waals surface area contributed by atoms with Crippen LogP contribution in [0, 0.1) is 10.1 Å². The maximum absolute atomic E-state index is 13.2. The van der Waals surface area contributed by atoms with Crippen LogP contribution < -0.4 is 4.90 Å². The summed E-state index contributed by atoms with van der Waals surface area (Å²) in [6, 6.07) is 11.5. The third-order valence-electron chi connectivity index (χ3n) is 5.12. The molecule has 1 aliphatic heterocycles. The molecule has 1 saturated heterocycles. The molecule has 0 N–H and O–H groups in total. The van der Waals surface area contributed by atoms with Gasteiger partial charge in [-0.15, -0.1) is 0 Å². The molecule has 0 atom stereocenters. The predicted octanol–water partition coefficient (Wildman–Crippen LogP) is 3.77. The molecule has 0 saturated carbocycles. The summed E-state index contributed by atoms with van der Waals surface area (Å²) >= 11 is 7.54. The van der Waals surface area contributed by atoms with Crippen molar-refractivity contribution in [3.8, 4) is 0 Å². The summed E-state index contributed by atoms with van der Waals surface area (Å²) in [5.41, 5.74) is 1.52. The van der Waals surface area contributed by atoms with Crippen LogP contribution >= 0.6 is 22.9 Å². The number of fused-ring (bicyclic) bond motifs is 1. The summed E-state index contributed by atoms with van der Waals surface area (Å²) in [4.78, 5) is 32.3. The van der Waals surface area contributed by atoms with Crippen molar-refractivity contribution >= 4 is 49.9 Å². The minimum Gasteiger partial charge on any atom is -0.379 e. The minimum absolute atomic E-state index is 0.00317. The number of hydrogen-bond acceptors (Lipinski definition) is 7. The zero-order valence-corrected chi connectivity index (χ0v) is 18.3. The van der Waals surface area contributed by atoms with Gasteiger partial charge in [-0.3, -0.25) is 24.7 Å². The van der Waals surface area contributed by atoms with Crippen molar-refractivity contribution in [2.24, 2.45) is 0 Å². The van der Waals surface area contributed by atoms with Gasteiger partial charge in [-0.05, 0) is 23.8 Å². The van der Waals surface area contributed by atoms with E-state index in [-0.39, 0.29) is 18.0 Å². The molecule has 1 fully saturated rings. The molecule has 1 aromatic heterocycles. The van der Waals surface area contributed by atoms with Gasteiger partial charge < -0.3 is 4.74 Å². The number of benzene rings is 2. The van der Waals surface area contributed by atoms with E-state index < -0.39 is 4.92 Å². The van der Waals surface area contributed by atoms with E-state index >= 15 is 0 Å². The van der Waals surface area contributed by atoms with Gasteiger partial charge in [-0.1, -0.05) is 35.1 Å². The van der Waals surface area contributed by atoms with Crippen molar-refractivity contribution in [2.45, 2.75) is 6.42 Å². The van der Waals surface area contributed by atoms with Gasteiger partial charge >= 0.3 is 0 Å². The number of non-ortho nitro benzene ring substituents is 1. The van der Waals surface area contributed by atoms with Crippen molar-refractivity contribution in [1.29, 1.82) is 0 Å². The Bertz CT molecular complexity index is 1080. The molecule has 4 rings (SSSR count). The molecular weight excluding hydrogens is 440 g/mol. The zero-order chi connectivity index (χ0) is 21.8. The van der Waals surface area contributed by atoms with E-state index in [0.29, 0.717) is 36.5 Å². The van der Waals surface area contributed by atoms with Gasteiger partial charge in [0.2, 0.25) is 5.91 Å². The maximum Gasteiger partial charge on any atom is 0.269 e. The number of halogens is 1. The number of carbonyl (C=O) groups is 1. The Hall–Kier alpha value is -2.59. The number of ether oxygens (including phenoxy) is 1. The largest absolute Gasteiger partial charge is 0.379 e. The number of amides is 1. The SMILES string of the molecule is O=C(Cc1ccc([N+](=O)[O-])cc1)N(CCN1CCOCC1)c1nc2ccc(Cl)cc2s1. The topological polar surface area (TPSA) is 88.8 Å². The highest BCUT2D eigenvalue weighted by Crippen LogP contribution is 2.31. The third-order valence-corrected chi connectivity index (χ3v) is 6.39. The van der Waals surface area contributed by atoms with Crippen LogP contribution in [0.5, 0.6) is 0 Å². The van der Waals surface area contributed by atoms with Crippen molar-refractivity contribution in [1.82, 2.24) is 9.88 Å². The summed E-state index contributed by atoms with van der Waals surface area (Å²) in [5, 5.41) is 12.1. The third kappa shape index (κ3) is 5.37. The van der Waals surface area contributed by atoms with Gasteiger partial charge in [-0.2, -0.15) is 0 Å². The monoisotopic (exact) mass is 460 g/mol. The van der Waals surface area contributed by atoms with Crippen LogP contribution in [0.25, 0.3) is 10.2 Å². The van der Waals surface area contributed by atoms with Gasteiger partial charge in [0.05, 0.1) is 34.8 Å². The van der Waals surface area contributed by atoms with Gasteiger partial charge in [0.15, 0.2) is 5.13 Å². The summed E-state index contributed by atoms with van der Waals surface area (Å²) in [7, 11) is 0. The number of morpholine rings is 1. The van der Waals surface area contributed by atoms with Crippen LogP contribution in [0.4, 0.5) is 10.8 Å². The highest BCUT2D eigenvalue weighted by Gasteiger charge is 2.22. The van der Waals surface area contributed by atoms with Crippen LogP contribution in [0.15, 0.2) is 42.5 Å². The molecule has 0 radical (unpaired) electrons.